The normalized spacial score (nSPS) is 24.1. The highest BCUT2D eigenvalue weighted by Crippen LogP contribution is 2.53. The van der Waals surface area contributed by atoms with E-state index in [1.54, 1.807) is 24.4 Å². The van der Waals surface area contributed by atoms with Crippen LogP contribution in [-0.2, 0) is 38.7 Å². The lowest BCUT2D eigenvalue weighted by molar-refractivity contribution is -0.151. The van der Waals surface area contributed by atoms with Crippen molar-refractivity contribution in [3.05, 3.63) is 113 Å². The van der Waals surface area contributed by atoms with E-state index in [0.717, 1.165) is 10.5 Å². The molecule has 6 rings (SSSR count). The topological polar surface area (TPSA) is 138 Å². The van der Waals surface area contributed by atoms with Crippen molar-refractivity contribution < 1.29 is 24.0 Å². The second-order valence-corrected chi connectivity index (χ2v) is 11.7. The van der Waals surface area contributed by atoms with Crippen molar-refractivity contribution in [2.45, 2.75) is 51.2 Å². The van der Waals surface area contributed by atoms with Crippen molar-refractivity contribution in [2.24, 2.45) is 17.8 Å². The number of hydrogen-bond donors (Lipinski definition) is 3. The Balaban J connectivity index is 1.53. The second kappa shape index (κ2) is 12.5. The number of carbonyl (C=O) groups is 5. The number of fused-ring (bicyclic) bond motifs is 3. The van der Waals surface area contributed by atoms with Crippen LogP contribution in [0.1, 0.15) is 43.0 Å². The number of hydrogen-bond acceptors (Lipinski definition) is 6. The molecule has 1 aliphatic carbocycles. The van der Waals surface area contributed by atoms with E-state index < -0.39 is 47.0 Å². The summed E-state index contributed by atoms with van der Waals surface area (Å²) in [6.07, 6.45) is 2.60. The van der Waals surface area contributed by atoms with E-state index in [-0.39, 0.29) is 25.4 Å². The molecule has 2 aromatic carbocycles. The average molecular weight is 606 g/mol. The van der Waals surface area contributed by atoms with E-state index in [0.29, 0.717) is 41.7 Å². The predicted octanol–water partition coefficient (Wildman–Crippen LogP) is 3.44. The Morgan fingerprint density at radius 2 is 1.58 bits per heavy atom. The van der Waals surface area contributed by atoms with E-state index in [9.17, 15) is 24.0 Å². The van der Waals surface area contributed by atoms with Crippen LogP contribution in [-0.4, -0.2) is 45.1 Å². The van der Waals surface area contributed by atoms with Gasteiger partial charge in [-0.25, -0.2) is 9.69 Å². The highest BCUT2D eigenvalue weighted by molar-refractivity contribution is 6.12. The molecule has 10 heteroatoms. The molecular weight excluding hydrogens is 570 g/mol. The van der Waals surface area contributed by atoms with Gasteiger partial charge in [-0.05, 0) is 42.5 Å². The van der Waals surface area contributed by atoms with Crippen LogP contribution in [0.25, 0.3) is 0 Å². The van der Waals surface area contributed by atoms with Crippen LogP contribution in [0, 0.1) is 17.8 Å². The number of nitrogens with zero attached hydrogens (tertiary/aromatic N) is 2. The first kappa shape index (κ1) is 29.9. The van der Waals surface area contributed by atoms with Crippen LogP contribution in [0.4, 0.5) is 4.79 Å². The summed E-state index contributed by atoms with van der Waals surface area (Å²) in [5.41, 5.74) is 1.32. The van der Waals surface area contributed by atoms with Crippen molar-refractivity contribution in [1.29, 1.82) is 0 Å². The molecule has 0 spiro atoms. The van der Waals surface area contributed by atoms with E-state index >= 15 is 0 Å². The molecule has 3 N–H and O–H groups in total. The van der Waals surface area contributed by atoms with Crippen molar-refractivity contribution in [1.82, 2.24) is 25.8 Å². The summed E-state index contributed by atoms with van der Waals surface area (Å²) in [7, 11) is 0. The molecule has 10 nitrogen and oxygen atoms in total. The third kappa shape index (κ3) is 5.41. The molecule has 2 fully saturated rings. The maximum absolute atomic E-state index is 14.9. The number of amides is 6. The van der Waals surface area contributed by atoms with Crippen molar-refractivity contribution >= 4 is 29.7 Å². The molecule has 1 saturated carbocycles. The minimum Gasteiger partial charge on any atom is -0.350 e. The molecule has 230 valence electrons. The molecular formula is C35H35N5O5. The molecule has 2 aliphatic heterocycles. The minimum atomic E-state index is -1.86. The number of urea groups is 1. The lowest BCUT2D eigenvalue weighted by Gasteiger charge is -2.54. The summed E-state index contributed by atoms with van der Waals surface area (Å²) >= 11 is 0. The smallest absolute Gasteiger partial charge is 0.325 e. The van der Waals surface area contributed by atoms with Gasteiger partial charge in [0.25, 0.3) is 5.91 Å². The first-order valence-electron chi connectivity index (χ1n) is 15.3. The third-order valence-electron chi connectivity index (χ3n) is 9.25. The zero-order valence-corrected chi connectivity index (χ0v) is 25.0. The van der Waals surface area contributed by atoms with Gasteiger partial charge in [-0.1, -0.05) is 79.2 Å². The van der Waals surface area contributed by atoms with E-state index in [1.807, 2.05) is 67.6 Å². The van der Waals surface area contributed by atoms with Gasteiger partial charge >= 0.3 is 6.03 Å². The van der Waals surface area contributed by atoms with Gasteiger partial charge in [0.05, 0.1) is 24.1 Å². The van der Waals surface area contributed by atoms with Gasteiger partial charge in [-0.2, -0.15) is 0 Å². The monoisotopic (exact) mass is 605 g/mol. The number of imide groups is 2. The minimum absolute atomic E-state index is 0.0181. The molecule has 3 aromatic rings. The van der Waals surface area contributed by atoms with Crippen LogP contribution in [0.2, 0.25) is 0 Å². The molecule has 4 atom stereocenters. The van der Waals surface area contributed by atoms with Crippen LogP contribution in [0.5, 0.6) is 0 Å². The Morgan fingerprint density at radius 3 is 2.24 bits per heavy atom. The lowest BCUT2D eigenvalue weighted by Crippen LogP contribution is -2.73. The van der Waals surface area contributed by atoms with Crippen LogP contribution < -0.4 is 16.0 Å². The number of carbonyl (C=O) groups excluding carboxylic acids is 5. The summed E-state index contributed by atoms with van der Waals surface area (Å²) in [4.78, 5) is 75.7. The number of benzene rings is 2. The highest BCUT2D eigenvalue weighted by atomic mass is 16.2. The maximum atomic E-state index is 14.9. The van der Waals surface area contributed by atoms with Gasteiger partial charge in [0.2, 0.25) is 17.7 Å². The van der Waals surface area contributed by atoms with Gasteiger partial charge in [-0.3, -0.25) is 29.5 Å². The fraction of sp³-hybridized carbons (Fsp3) is 0.314. The Hall–Kier alpha value is -5.12. The Morgan fingerprint density at radius 1 is 0.889 bits per heavy atom. The number of pyridine rings is 1. The second-order valence-electron chi connectivity index (χ2n) is 11.7. The predicted molar refractivity (Wildman–Crippen MR) is 165 cm³/mol. The number of aromatic nitrogens is 1. The molecule has 1 aromatic heterocycles. The SMILES string of the molecule is CCC1=C2CC[C@H]3C(=O)NC(=O)[C@H]3[C@H]2[C@@](Cc2ccccc2)(C(=O)NCc2ccccc2)N(C(=O)NCc2ccccn2)C1=O. The van der Waals surface area contributed by atoms with Gasteiger partial charge in [0.1, 0.15) is 5.54 Å². The van der Waals surface area contributed by atoms with E-state index in [2.05, 4.69) is 20.9 Å². The molecule has 3 heterocycles. The summed E-state index contributed by atoms with van der Waals surface area (Å²) in [6.45, 7) is 1.98. The fourth-order valence-electron chi connectivity index (χ4n) is 7.29. The summed E-state index contributed by atoms with van der Waals surface area (Å²) < 4.78 is 0. The zero-order valence-electron chi connectivity index (χ0n) is 25.0. The first-order valence-corrected chi connectivity index (χ1v) is 15.3. The maximum Gasteiger partial charge on any atom is 0.325 e. The van der Waals surface area contributed by atoms with Crippen molar-refractivity contribution in [3.8, 4) is 0 Å². The molecule has 0 unspecified atom stereocenters. The molecule has 3 aliphatic rings. The quantitative estimate of drug-likeness (QED) is 0.337. The Labute approximate surface area is 261 Å². The fourth-order valence-corrected chi connectivity index (χ4v) is 7.29. The zero-order chi connectivity index (χ0) is 31.6. The molecule has 6 amide bonds. The van der Waals surface area contributed by atoms with Crippen molar-refractivity contribution in [2.75, 3.05) is 0 Å². The van der Waals surface area contributed by atoms with Gasteiger partial charge < -0.3 is 10.6 Å². The van der Waals surface area contributed by atoms with E-state index in [1.165, 1.54) is 0 Å². The molecule has 45 heavy (non-hydrogen) atoms. The summed E-state index contributed by atoms with van der Waals surface area (Å²) in [5.74, 6) is -4.52. The average Bonchev–Trinajstić information content (AvgIpc) is 3.36. The summed E-state index contributed by atoms with van der Waals surface area (Å²) in [5, 5.41) is 8.32. The van der Waals surface area contributed by atoms with E-state index in [4.69, 9.17) is 0 Å². The van der Waals surface area contributed by atoms with Crippen molar-refractivity contribution in [3.63, 3.8) is 0 Å². The van der Waals surface area contributed by atoms with Crippen LogP contribution >= 0.6 is 0 Å². The molecule has 1 saturated heterocycles. The Bertz CT molecular complexity index is 1660. The number of rotatable bonds is 8. The van der Waals surface area contributed by atoms with Crippen LogP contribution in [0.15, 0.2) is 96.2 Å². The number of nitrogens with one attached hydrogen (secondary N) is 3. The lowest BCUT2D eigenvalue weighted by atomic mass is 9.57. The highest BCUT2D eigenvalue weighted by Gasteiger charge is 2.66. The van der Waals surface area contributed by atoms with Crippen LogP contribution in [0.3, 0.4) is 0 Å². The van der Waals surface area contributed by atoms with Gasteiger partial charge in [0, 0.05) is 30.7 Å². The Kier molecular flexibility index (Phi) is 8.30. The molecule has 0 radical (unpaired) electrons. The first-order chi connectivity index (χ1) is 21.8. The largest absolute Gasteiger partial charge is 0.350 e. The van der Waals surface area contributed by atoms with Gasteiger partial charge in [0.15, 0.2) is 0 Å². The third-order valence-corrected chi connectivity index (χ3v) is 9.25. The summed E-state index contributed by atoms with van der Waals surface area (Å²) in [6, 6.07) is 23.0. The standard InChI is InChI=1S/C35H35N5O5/c1-2-25-26-16-17-27-28(31(42)39-30(27)41)29(26)35(19-22-11-5-3-6-12-22,33(44)37-20-23-13-7-4-8-14-23)40(32(25)43)34(45)38-21-24-15-9-10-18-36-24/h3-15,18,27-29H,2,16-17,19-21H2,1H3,(H,37,44)(H,38,45)(H,39,41,42)/t27-,28-,29+,35+/m1/s1. The molecule has 0 bridgehead atoms. The van der Waals surface area contributed by atoms with Gasteiger partial charge in [-0.15, -0.1) is 0 Å².